The summed E-state index contributed by atoms with van der Waals surface area (Å²) in [5.41, 5.74) is 0.138. The van der Waals surface area contributed by atoms with Crippen LogP contribution in [0.25, 0.3) is 10.9 Å². The van der Waals surface area contributed by atoms with Gasteiger partial charge in [-0.3, -0.25) is 14.4 Å². The molecule has 1 heterocycles. The van der Waals surface area contributed by atoms with E-state index in [1.165, 1.54) is 6.07 Å². The maximum Gasteiger partial charge on any atom is 0.416 e. The van der Waals surface area contributed by atoms with Gasteiger partial charge in [0.25, 0.3) is 11.8 Å². The smallest absolute Gasteiger partial charge is 0.352 e. The molecule has 3 N–H and O–H groups in total. The molecule has 1 aliphatic rings. The minimum absolute atomic E-state index is 0.0220. The van der Waals surface area contributed by atoms with Crippen molar-refractivity contribution in [3.63, 3.8) is 0 Å². The van der Waals surface area contributed by atoms with E-state index >= 15 is 0 Å². The van der Waals surface area contributed by atoms with Crippen LogP contribution in [0.3, 0.4) is 0 Å². The Labute approximate surface area is 212 Å². The molecule has 37 heavy (non-hydrogen) atoms. The zero-order valence-electron chi connectivity index (χ0n) is 20.7. The van der Waals surface area contributed by atoms with E-state index in [4.69, 9.17) is 0 Å². The summed E-state index contributed by atoms with van der Waals surface area (Å²) in [5, 5.41) is 5.76. The number of anilines is 2. The molecule has 1 aliphatic carbocycles. The molecule has 4 rings (SSSR count). The average Bonchev–Trinajstić information content (AvgIpc) is 3.25. The van der Waals surface area contributed by atoms with Gasteiger partial charge in [-0.1, -0.05) is 25.3 Å². The fraction of sp³-hybridized carbons (Fsp3) is 0.370. The minimum atomic E-state index is -4.60. The van der Waals surface area contributed by atoms with Crippen LogP contribution >= 0.6 is 0 Å². The van der Waals surface area contributed by atoms with Gasteiger partial charge in [0.1, 0.15) is 5.82 Å². The highest BCUT2D eigenvalue weighted by atomic mass is 19.4. The SMILES string of the molecule is CCNC(=O)c1c(NC(=O)c2cccc(C(F)(F)F)c2)[nH]c2cc(N(C)C(=O)C3CCCCC3)ccc12. The molecule has 0 bridgehead atoms. The molecule has 0 aliphatic heterocycles. The number of H-pyrrole nitrogens is 1. The zero-order chi connectivity index (χ0) is 26.7. The van der Waals surface area contributed by atoms with Gasteiger partial charge >= 0.3 is 6.18 Å². The number of hydrogen-bond donors (Lipinski definition) is 3. The van der Waals surface area contributed by atoms with Gasteiger partial charge in [0.15, 0.2) is 0 Å². The van der Waals surface area contributed by atoms with Gasteiger partial charge in [-0.05, 0) is 56.2 Å². The third-order valence-electron chi connectivity index (χ3n) is 6.71. The van der Waals surface area contributed by atoms with E-state index < -0.39 is 23.6 Å². The fourth-order valence-electron chi connectivity index (χ4n) is 4.75. The molecule has 7 nitrogen and oxygen atoms in total. The number of alkyl halides is 3. The number of carbonyl (C=O) groups is 3. The van der Waals surface area contributed by atoms with Crippen molar-refractivity contribution in [3.8, 4) is 0 Å². The lowest BCUT2D eigenvalue weighted by atomic mass is 9.88. The first-order chi connectivity index (χ1) is 17.6. The Kier molecular flexibility index (Phi) is 7.56. The molecule has 3 aromatic rings. The number of fused-ring (bicyclic) bond motifs is 1. The Hall–Kier alpha value is -3.82. The molecule has 0 spiro atoms. The summed E-state index contributed by atoms with van der Waals surface area (Å²) in [5.74, 6) is -1.18. The molecule has 0 unspecified atom stereocenters. The largest absolute Gasteiger partial charge is 0.416 e. The molecule has 1 saturated carbocycles. The monoisotopic (exact) mass is 514 g/mol. The first-order valence-corrected chi connectivity index (χ1v) is 12.3. The third-order valence-corrected chi connectivity index (χ3v) is 6.71. The summed E-state index contributed by atoms with van der Waals surface area (Å²) in [7, 11) is 1.71. The number of halogens is 3. The molecular formula is C27H29F3N4O3. The van der Waals surface area contributed by atoms with Crippen molar-refractivity contribution >= 4 is 40.1 Å². The van der Waals surface area contributed by atoms with E-state index in [0.29, 0.717) is 23.1 Å². The number of nitrogens with one attached hydrogen (secondary N) is 3. The Morgan fingerprint density at radius 2 is 1.76 bits per heavy atom. The van der Waals surface area contributed by atoms with Crippen molar-refractivity contribution in [1.29, 1.82) is 0 Å². The number of amides is 3. The second kappa shape index (κ2) is 10.7. The Morgan fingerprint density at radius 3 is 2.43 bits per heavy atom. The second-order valence-corrected chi connectivity index (χ2v) is 9.23. The molecule has 196 valence electrons. The summed E-state index contributed by atoms with van der Waals surface area (Å²) in [4.78, 5) is 43.4. The van der Waals surface area contributed by atoms with E-state index in [2.05, 4.69) is 15.6 Å². The number of carbonyl (C=O) groups excluding carboxylic acids is 3. The van der Waals surface area contributed by atoms with Crippen LogP contribution in [0.5, 0.6) is 0 Å². The lowest BCUT2D eigenvalue weighted by Crippen LogP contribution is -2.33. The van der Waals surface area contributed by atoms with Gasteiger partial charge in [0.05, 0.1) is 11.1 Å². The topological polar surface area (TPSA) is 94.3 Å². The number of rotatable bonds is 6. The molecule has 10 heteroatoms. The van der Waals surface area contributed by atoms with Gasteiger partial charge in [-0.2, -0.15) is 13.2 Å². The van der Waals surface area contributed by atoms with Gasteiger partial charge < -0.3 is 20.5 Å². The van der Waals surface area contributed by atoms with Crippen LogP contribution in [0.15, 0.2) is 42.5 Å². The van der Waals surface area contributed by atoms with Crippen molar-refractivity contribution in [1.82, 2.24) is 10.3 Å². The lowest BCUT2D eigenvalue weighted by molar-refractivity contribution is -0.137. The predicted octanol–water partition coefficient (Wildman–Crippen LogP) is 5.73. The molecule has 0 atom stereocenters. The van der Waals surface area contributed by atoms with Crippen LogP contribution in [-0.2, 0) is 11.0 Å². The van der Waals surface area contributed by atoms with Crippen LogP contribution in [0.2, 0.25) is 0 Å². The highest BCUT2D eigenvalue weighted by Crippen LogP contribution is 2.33. The molecule has 1 aromatic heterocycles. The van der Waals surface area contributed by atoms with E-state index in [1.54, 1.807) is 37.1 Å². The van der Waals surface area contributed by atoms with Crippen molar-refractivity contribution in [3.05, 3.63) is 59.2 Å². The van der Waals surface area contributed by atoms with Gasteiger partial charge in [0, 0.05) is 41.7 Å². The van der Waals surface area contributed by atoms with Crippen molar-refractivity contribution in [2.75, 3.05) is 23.8 Å². The van der Waals surface area contributed by atoms with E-state index in [9.17, 15) is 27.6 Å². The third kappa shape index (κ3) is 5.63. The maximum atomic E-state index is 13.1. The fourth-order valence-corrected chi connectivity index (χ4v) is 4.75. The van der Waals surface area contributed by atoms with Crippen LogP contribution in [0, 0.1) is 5.92 Å². The number of aromatic amines is 1. The molecule has 3 amide bonds. The number of hydrogen-bond acceptors (Lipinski definition) is 3. The first-order valence-electron chi connectivity index (χ1n) is 12.3. The molecule has 2 aromatic carbocycles. The standard InChI is InChI=1S/C27H29F3N4O3/c1-3-31-25(36)22-20-13-12-19(34(2)26(37)16-8-5-4-6-9-16)15-21(20)32-23(22)33-24(35)17-10-7-11-18(14-17)27(28,29)30/h7,10-16,32H,3-6,8-9H2,1-2H3,(H,31,36)(H,33,35). The summed E-state index contributed by atoms with van der Waals surface area (Å²) >= 11 is 0. The van der Waals surface area contributed by atoms with Gasteiger partial charge in [-0.25, -0.2) is 0 Å². The first kappa shape index (κ1) is 26.2. The number of aromatic nitrogens is 1. The maximum absolute atomic E-state index is 13.1. The van der Waals surface area contributed by atoms with Crippen molar-refractivity contribution in [2.24, 2.45) is 5.92 Å². The minimum Gasteiger partial charge on any atom is -0.352 e. The average molecular weight is 515 g/mol. The summed E-state index contributed by atoms with van der Waals surface area (Å²) in [6, 6.07) is 9.20. The summed E-state index contributed by atoms with van der Waals surface area (Å²) in [6.07, 6.45) is 0.331. The lowest BCUT2D eigenvalue weighted by Gasteiger charge is -2.26. The van der Waals surface area contributed by atoms with Gasteiger partial charge in [-0.15, -0.1) is 0 Å². The van der Waals surface area contributed by atoms with Crippen LogP contribution < -0.4 is 15.5 Å². The highest BCUT2D eigenvalue weighted by molar-refractivity contribution is 6.16. The van der Waals surface area contributed by atoms with E-state index in [0.717, 1.165) is 50.3 Å². The molecule has 0 radical (unpaired) electrons. The van der Waals surface area contributed by atoms with Crippen LogP contribution in [0.4, 0.5) is 24.7 Å². The number of nitrogens with zero attached hydrogens (tertiary/aromatic N) is 1. The van der Waals surface area contributed by atoms with Crippen LogP contribution in [0.1, 0.15) is 65.3 Å². The second-order valence-electron chi connectivity index (χ2n) is 9.23. The highest BCUT2D eigenvalue weighted by Gasteiger charge is 2.31. The molecular weight excluding hydrogens is 485 g/mol. The van der Waals surface area contributed by atoms with Crippen molar-refractivity contribution < 1.29 is 27.6 Å². The Morgan fingerprint density at radius 1 is 1.03 bits per heavy atom. The predicted molar refractivity (Wildman–Crippen MR) is 136 cm³/mol. The normalized spacial score (nSPS) is 14.4. The van der Waals surface area contributed by atoms with Gasteiger partial charge in [0.2, 0.25) is 5.91 Å². The van der Waals surface area contributed by atoms with Crippen LogP contribution in [-0.4, -0.2) is 36.3 Å². The zero-order valence-corrected chi connectivity index (χ0v) is 20.7. The van der Waals surface area contributed by atoms with Crippen molar-refractivity contribution in [2.45, 2.75) is 45.2 Å². The van der Waals surface area contributed by atoms with E-state index in [-0.39, 0.29) is 28.8 Å². The summed E-state index contributed by atoms with van der Waals surface area (Å²) < 4.78 is 39.3. The quantitative estimate of drug-likeness (QED) is 0.392. The Balaban J connectivity index is 1.67. The molecule has 1 fully saturated rings. The number of benzene rings is 2. The molecule has 0 saturated heterocycles. The summed E-state index contributed by atoms with van der Waals surface area (Å²) in [6.45, 7) is 2.08. The Bertz CT molecular complexity index is 1330. The van der Waals surface area contributed by atoms with E-state index in [1.807, 2.05) is 0 Å².